The maximum absolute atomic E-state index is 9.99. The number of nitroso groups, excluding NO2 is 1. The summed E-state index contributed by atoms with van der Waals surface area (Å²) in [6, 6.07) is -0.147. The monoisotopic (exact) mass is 168 g/mol. The van der Waals surface area contributed by atoms with Gasteiger partial charge in [0.1, 0.15) is 12.3 Å². The summed E-state index contributed by atoms with van der Waals surface area (Å²) in [6.07, 6.45) is 1.69. The minimum Gasteiger partial charge on any atom is -0.508 e. The first kappa shape index (κ1) is 8.77. The van der Waals surface area contributed by atoms with Crippen LogP contribution >= 0.6 is 0 Å². The van der Waals surface area contributed by atoms with Crippen LogP contribution in [0.25, 0.3) is 0 Å². The maximum Gasteiger partial charge on any atom is 0.120 e. The van der Waals surface area contributed by atoms with E-state index in [-0.39, 0.29) is 18.3 Å². The van der Waals surface area contributed by atoms with Gasteiger partial charge in [-0.1, -0.05) is 5.18 Å². The molecule has 1 aliphatic rings. The van der Waals surface area contributed by atoms with Gasteiger partial charge in [0, 0.05) is 11.8 Å². The lowest BCUT2D eigenvalue weighted by atomic mass is 10.0. The highest BCUT2D eigenvalue weighted by molar-refractivity contribution is 5.33. The van der Waals surface area contributed by atoms with E-state index in [4.69, 9.17) is 0 Å². The minimum absolute atomic E-state index is 0.147. The highest BCUT2D eigenvalue weighted by atomic mass is 16.3. The molecule has 12 heavy (non-hydrogen) atoms. The molecule has 66 valence electrons. The number of hydrogen-bond donors (Lipinski definition) is 2. The van der Waals surface area contributed by atoms with Crippen molar-refractivity contribution in [2.24, 2.45) is 5.18 Å². The molecule has 0 amide bonds. The van der Waals surface area contributed by atoms with Crippen molar-refractivity contribution in [3.05, 3.63) is 28.0 Å². The average molecular weight is 168 g/mol. The van der Waals surface area contributed by atoms with Gasteiger partial charge < -0.3 is 10.4 Å². The van der Waals surface area contributed by atoms with Crippen molar-refractivity contribution in [2.45, 2.75) is 19.9 Å². The van der Waals surface area contributed by atoms with Crippen LogP contribution in [0.3, 0.4) is 0 Å². The molecule has 0 spiro atoms. The topological polar surface area (TPSA) is 61.7 Å². The highest BCUT2D eigenvalue weighted by Crippen LogP contribution is 2.18. The maximum atomic E-state index is 9.99. The third-order valence-corrected chi connectivity index (χ3v) is 2.03. The summed E-state index contributed by atoms with van der Waals surface area (Å²) in [7, 11) is 0. The van der Waals surface area contributed by atoms with Crippen LogP contribution in [-0.2, 0) is 0 Å². The van der Waals surface area contributed by atoms with Crippen molar-refractivity contribution in [3.8, 4) is 0 Å². The van der Waals surface area contributed by atoms with Crippen LogP contribution < -0.4 is 5.32 Å². The summed E-state index contributed by atoms with van der Waals surface area (Å²) >= 11 is 0. The minimum atomic E-state index is -0.147. The van der Waals surface area contributed by atoms with Gasteiger partial charge in [-0.15, -0.1) is 0 Å². The molecule has 1 rings (SSSR count). The van der Waals surface area contributed by atoms with E-state index in [1.807, 2.05) is 0 Å². The summed E-state index contributed by atoms with van der Waals surface area (Å²) in [5.74, 6) is 0.266. The van der Waals surface area contributed by atoms with Crippen molar-refractivity contribution in [1.29, 1.82) is 0 Å². The van der Waals surface area contributed by atoms with E-state index in [0.717, 1.165) is 11.1 Å². The second kappa shape index (κ2) is 3.38. The Kier molecular flexibility index (Phi) is 2.47. The van der Waals surface area contributed by atoms with Crippen LogP contribution in [0.4, 0.5) is 0 Å². The third-order valence-electron chi connectivity index (χ3n) is 2.03. The van der Waals surface area contributed by atoms with Crippen molar-refractivity contribution in [2.75, 3.05) is 6.54 Å². The molecule has 0 aliphatic carbocycles. The van der Waals surface area contributed by atoms with Crippen molar-refractivity contribution in [3.63, 3.8) is 0 Å². The Labute approximate surface area is 70.9 Å². The van der Waals surface area contributed by atoms with Gasteiger partial charge in [-0.3, -0.25) is 0 Å². The highest BCUT2D eigenvalue weighted by Gasteiger charge is 2.18. The molecule has 0 aromatic carbocycles. The number of nitrogens with one attached hydrogen (secondary N) is 1. The smallest absolute Gasteiger partial charge is 0.120 e. The molecule has 0 radical (unpaired) electrons. The molecule has 0 bridgehead atoms. The van der Waals surface area contributed by atoms with Crippen LogP contribution in [0, 0.1) is 4.91 Å². The van der Waals surface area contributed by atoms with Gasteiger partial charge >= 0.3 is 0 Å². The second-order valence-electron chi connectivity index (χ2n) is 2.89. The van der Waals surface area contributed by atoms with E-state index in [9.17, 15) is 10.0 Å². The Morgan fingerprint density at radius 1 is 1.67 bits per heavy atom. The first-order valence-corrected chi connectivity index (χ1v) is 3.79. The fourth-order valence-corrected chi connectivity index (χ4v) is 1.16. The van der Waals surface area contributed by atoms with Gasteiger partial charge in [0.05, 0.1) is 6.04 Å². The summed E-state index contributed by atoms with van der Waals surface area (Å²) in [5, 5.41) is 15.2. The van der Waals surface area contributed by atoms with E-state index in [1.165, 1.54) is 0 Å². The molecular formula is C8H12N2O2. The molecule has 1 aliphatic heterocycles. The van der Waals surface area contributed by atoms with Crippen molar-refractivity contribution in [1.82, 2.24) is 5.32 Å². The molecule has 0 aromatic rings. The number of allylic oxidation sites excluding steroid dienone is 1. The van der Waals surface area contributed by atoms with E-state index < -0.39 is 0 Å². The first-order valence-electron chi connectivity index (χ1n) is 3.79. The predicted octanol–water partition coefficient (Wildman–Crippen LogP) is 1.46. The van der Waals surface area contributed by atoms with Crippen molar-refractivity contribution >= 4 is 0 Å². The zero-order valence-electron chi connectivity index (χ0n) is 7.16. The molecule has 4 heteroatoms. The summed E-state index contributed by atoms with van der Waals surface area (Å²) < 4.78 is 0. The van der Waals surface area contributed by atoms with Gasteiger partial charge in [-0.2, -0.15) is 4.91 Å². The Bertz CT molecular complexity index is 256. The van der Waals surface area contributed by atoms with Gasteiger partial charge in [-0.05, 0) is 19.4 Å². The number of dihydropyridines is 1. The molecule has 0 fully saturated rings. The van der Waals surface area contributed by atoms with E-state index >= 15 is 0 Å². The Hall–Kier alpha value is -1.32. The molecule has 0 saturated heterocycles. The molecule has 1 heterocycles. The van der Waals surface area contributed by atoms with Crippen LogP contribution in [-0.4, -0.2) is 17.7 Å². The van der Waals surface area contributed by atoms with Gasteiger partial charge in [-0.25, -0.2) is 0 Å². The van der Waals surface area contributed by atoms with E-state index in [1.54, 1.807) is 20.0 Å². The summed E-state index contributed by atoms with van der Waals surface area (Å²) in [5.41, 5.74) is 1.56. The molecule has 0 saturated carbocycles. The predicted molar refractivity (Wildman–Crippen MR) is 46.7 cm³/mol. The number of nitrogens with zero attached hydrogens (tertiary/aromatic N) is 1. The zero-order chi connectivity index (χ0) is 9.14. The largest absolute Gasteiger partial charge is 0.508 e. The average Bonchev–Trinajstić information content (AvgIpc) is 2.07. The first-order chi connectivity index (χ1) is 5.66. The van der Waals surface area contributed by atoms with E-state index in [2.05, 4.69) is 10.5 Å². The number of aliphatic hydroxyl groups excluding tert-OH is 1. The number of aliphatic hydroxyl groups is 1. The number of hydrogen-bond acceptors (Lipinski definition) is 4. The summed E-state index contributed by atoms with van der Waals surface area (Å²) in [4.78, 5) is 9.99. The second-order valence-corrected chi connectivity index (χ2v) is 2.89. The lowest BCUT2D eigenvalue weighted by Gasteiger charge is -2.21. The van der Waals surface area contributed by atoms with Crippen LogP contribution in [0.15, 0.2) is 28.3 Å². The van der Waals surface area contributed by atoms with Crippen molar-refractivity contribution < 1.29 is 5.11 Å². The van der Waals surface area contributed by atoms with Gasteiger partial charge in [0.2, 0.25) is 0 Å². The fraction of sp³-hybridized carbons (Fsp3) is 0.500. The zero-order valence-corrected chi connectivity index (χ0v) is 7.16. The quantitative estimate of drug-likeness (QED) is 0.613. The van der Waals surface area contributed by atoms with Crippen LogP contribution in [0.5, 0.6) is 0 Å². The molecule has 1 atom stereocenters. The molecule has 1 unspecified atom stereocenters. The summed E-state index contributed by atoms with van der Waals surface area (Å²) in [6.45, 7) is 3.74. The Morgan fingerprint density at radius 3 is 2.92 bits per heavy atom. The van der Waals surface area contributed by atoms with Gasteiger partial charge in [0.25, 0.3) is 0 Å². The molecule has 2 N–H and O–H groups in total. The van der Waals surface area contributed by atoms with Gasteiger partial charge in [0.15, 0.2) is 0 Å². The van der Waals surface area contributed by atoms with E-state index in [0.29, 0.717) is 0 Å². The lowest BCUT2D eigenvalue weighted by molar-refractivity contribution is 0.400. The fourth-order valence-electron chi connectivity index (χ4n) is 1.16. The SMILES string of the molecule is CC1=CNC(CN=O)C(C)=C1O. The Morgan fingerprint density at radius 2 is 2.33 bits per heavy atom. The third kappa shape index (κ3) is 1.47. The van der Waals surface area contributed by atoms with Crippen LogP contribution in [0.1, 0.15) is 13.8 Å². The van der Waals surface area contributed by atoms with Crippen LogP contribution in [0.2, 0.25) is 0 Å². The molecule has 0 aromatic heterocycles. The molecular weight excluding hydrogens is 156 g/mol. The Balaban J connectivity index is 2.82. The number of rotatable bonds is 2. The molecule has 4 nitrogen and oxygen atoms in total. The standard InChI is InChI=1S/C8H12N2O2/c1-5-3-9-7(4-10-12)6(2)8(5)11/h3,7,9,11H,4H2,1-2H3. The lowest BCUT2D eigenvalue weighted by Crippen LogP contribution is -2.32. The normalized spacial score (nSPS) is 23.2.